The molecule has 0 spiro atoms. The Balaban J connectivity index is 0.000000396. The van der Waals surface area contributed by atoms with Crippen LogP contribution in [0.5, 0.6) is 11.5 Å². The van der Waals surface area contributed by atoms with E-state index in [1.807, 2.05) is 0 Å². The number of nitrogens with one attached hydrogen (secondary N) is 1. The lowest BCUT2D eigenvalue weighted by atomic mass is 9.80. The van der Waals surface area contributed by atoms with Crippen molar-refractivity contribution in [3.05, 3.63) is 22.7 Å². The van der Waals surface area contributed by atoms with E-state index in [9.17, 15) is 22.4 Å². The molecule has 0 radical (unpaired) electrons. The lowest BCUT2D eigenvalue weighted by Crippen LogP contribution is -2.40. The van der Waals surface area contributed by atoms with Crippen molar-refractivity contribution in [2.45, 2.75) is 44.1 Å². The average molecular weight is 458 g/mol. The van der Waals surface area contributed by atoms with Crippen LogP contribution in [0.4, 0.5) is 17.6 Å². The molecule has 1 aromatic carbocycles. The lowest BCUT2D eigenvalue weighted by molar-refractivity contribution is -0.192. The second kappa shape index (κ2) is 9.69. The van der Waals surface area contributed by atoms with E-state index in [1.165, 1.54) is 0 Å². The van der Waals surface area contributed by atoms with Gasteiger partial charge in [-0.15, -0.1) is 0 Å². The maximum absolute atomic E-state index is 14.7. The zero-order valence-corrected chi connectivity index (χ0v) is 16.4. The van der Waals surface area contributed by atoms with Crippen molar-refractivity contribution in [3.8, 4) is 11.5 Å². The van der Waals surface area contributed by atoms with Crippen molar-refractivity contribution in [2.75, 3.05) is 13.3 Å². The van der Waals surface area contributed by atoms with Gasteiger partial charge in [0, 0.05) is 23.7 Å². The molecule has 3 N–H and O–H groups in total. The van der Waals surface area contributed by atoms with E-state index in [-0.39, 0.29) is 26.2 Å². The van der Waals surface area contributed by atoms with E-state index in [0.717, 1.165) is 5.56 Å². The second-order valence-electron chi connectivity index (χ2n) is 6.93. The molecule has 1 heterocycles. The van der Waals surface area contributed by atoms with Crippen LogP contribution in [0.25, 0.3) is 0 Å². The molecule has 0 unspecified atom stereocenters. The zero-order chi connectivity index (χ0) is 22.5. The fourth-order valence-electron chi connectivity index (χ4n) is 3.14. The van der Waals surface area contributed by atoms with Gasteiger partial charge in [-0.05, 0) is 37.8 Å². The molecule has 1 aromatic rings. The molecule has 1 aliphatic carbocycles. The maximum Gasteiger partial charge on any atom is 0.490 e. The number of fused-ring (bicyclic) bond motifs is 1. The number of carboxylic acids is 2. The third-order valence-electron chi connectivity index (χ3n) is 4.80. The van der Waals surface area contributed by atoms with Gasteiger partial charge >= 0.3 is 18.1 Å². The molecule has 1 saturated carbocycles. The quantitative estimate of drug-likeness (QED) is 0.578. The molecule has 1 fully saturated rings. The number of carbonyl (C=O) groups is 2. The van der Waals surface area contributed by atoms with Gasteiger partial charge in [0.1, 0.15) is 5.67 Å². The van der Waals surface area contributed by atoms with Crippen molar-refractivity contribution >= 4 is 23.5 Å². The van der Waals surface area contributed by atoms with E-state index in [4.69, 9.17) is 36.1 Å². The Hall–Kier alpha value is -2.27. The molecule has 2 aliphatic rings. The van der Waals surface area contributed by atoms with E-state index in [0.29, 0.717) is 35.9 Å². The Kier molecular flexibility index (Phi) is 7.75. The molecule has 0 saturated heterocycles. The highest BCUT2D eigenvalue weighted by molar-refractivity contribution is 6.31. The summed E-state index contributed by atoms with van der Waals surface area (Å²) in [4.78, 5) is 19.8. The Morgan fingerprint density at radius 3 is 2.33 bits per heavy atom. The van der Waals surface area contributed by atoms with Gasteiger partial charge in [-0.1, -0.05) is 11.6 Å². The number of rotatable bonds is 5. The van der Waals surface area contributed by atoms with Gasteiger partial charge in [0.05, 0.1) is 5.92 Å². The predicted molar refractivity (Wildman–Crippen MR) is 96.4 cm³/mol. The largest absolute Gasteiger partial charge is 0.490 e. The summed E-state index contributed by atoms with van der Waals surface area (Å²) in [5, 5.41) is 19.7. The molecule has 0 bridgehead atoms. The molecular weight excluding hydrogens is 438 g/mol. The number of hydrogen-bond acceptors (Lipinski definition) is 5. The van der Waals surface area contributed by atoms with Crippen molar-refractivity contribution in [2.24, 2.45) is 5.92 Å². The summed E-state index contributed by atoms with van der Waals surface area (Å²) in [5.41, 5.74) is -0.613. The van der Waals surface area contributed by atoms with Gasteiger partial charge in [0.25, 0.3) is 0 Å². The summed E-state index contributed by atoms with van der Waals surface area (Å²) in [6.07, 6.45) is -3.80. The fourth-order valence-corrected chi connectivity index (χ4v) is 3.36. The summed E-state index contributed by atoms with van der Waals surface area (Å²) in [7, 11) is 0. The average Bonchev–Trinajstić information content (AvgIpc) is 3.12. The highest BCUT2D eigenvalue weighted by atomic mass is 35.5. The van der Waals surface area contributed by atoms with Crippen LogP contribution in [0, 0.1) is 5.92 Å². The van der Waals surface area contributed by atoms with E-state index in [2.05, 4.69) is 5.32 Å². The third kappa shape index (κ3) is 6.36. The number of ether oxygens (including phenoxy) is 2. The molecule has 168 valence electrons. The Labute approximate surface area is 173 Å². The van der Waals surface area contributed by atoms with Crippen LogP contribution in [0.3, 0.4) is 0 Å². The third-order valence-corrected chi connectivity index (χ3v) is 5.16. The first-order chi connectivity index (χ1) is 13.9. The van der Waals surface area contributed by atoms with Crippen LogP contribution in [-0.4, -0.2) is 47.3 Å². The Bertz CT molecular complexity index is 781. The Morgan fingerprint density at radius 2 is 1.80 bits per heavy atom. The summed E-state index contributed by atoms with van der Waals surface area (Å²) >= 11 is 6.18. The molecule has 3 rings (SSSR count). The lowest BCUT2D eigenvalue weighted by Gasteiger charge is -2.32. The number of carboxylic acid groups (broad SMARTS) is 2. The van der Waals surface area contributed by atoms with Crippen molar-refractivity contribution in [3.63, 3.8) is 0 Å². The normalized spacial score (nSPS) is 22.8. The van der Waals surface area contributed by atoms with Gasteiger partial charge in [-0.2, -0.15) is 13.2 Å². The van der Waals surface area contributed by atoms with Gasteiger partial charge in [0.15, 0.2) is 11.5 Å². The second-order valence-corrected chi connectivity index (χ2v) is 7.34. The molecule has 1 aliphatic heterocycles. The van der Waals surface area contributed by atoms with E-state index < -0.39 is 29.7 Å². The highest BCUT2D eigenvalue weighted by Crippen LogP contribution is 2.40. The molecule has 0 atom stereocenters. The zero-order valence-electron chi connectivity index (χ0n) is 15.6. The van der Waals surface area contributed by atoms with Gasteiger partial charge < -0.3 is 25.0 Å². The number of halogens is 5. The van der Waals surface area contributed by atoms with Crippen LogP contribution in [-0.2, 0) is 16.1 Å². The number of alkyl halides is 4. The van der Waals surface area contributed by atoms with Crippen LogP contribution in [0.1, 0.15) is 31.2 Å². The molecule has 0 aromatic heterocycles. The monoisotopic (exact) mass is 457 g/mol. The number of hydrogen-bond donors (Lipinski definition) is 3. The number of aliphatic carboxylic acids is 2. The molecule has 7 nitrogen and oxygen atoms in total. The van der Waals surface area contributed by atoms with Gasteiger partial charge in [-0.3, -0.25) is 4.79 Å². The SMILES string of the molecule is O=C(O)C(F)(F)F.O=C(O)C1CCC(F)(CNCc2c(Cl)ccc3c2OCO3)CC1. The summed E-state index contributed by atoms with van der Waals surface area (Å²) in [6, 6.07) is 3.48. The minimum atomic E-state index is -5.08. The topological polar surface area (TPSA) is 105 Å². The van der Waals surface area contributed by atoms with Gasteiger partial charge in [-0.25, -0.2) is 9.18 Å². The first-order valence-corrected chi connectivity index (χ1v) is 9.30. The maximum atomic E-state index is 14.7. The predicted octanol–water partition coefficient (Wildman–Crippen LogP) is 3.77. The minimum Gasteiger partial charge on any atom is -0.481 e. The van der Waals surface area contributed by atoms with Crippen molar-refractivity contribution < 1.29 is 46.8 Å². The van der Waals surface area contributed by atoms with Crippen LogP contribution in [0.15, 0.2) is 12.1 Å². The standard InChI is InChI=1S/C16H19ClFNO4.C2HF3O2/c17-12-1-2-13-14(23-9-22-13)11(12)7-19-8-16(18)5-3-10(4-6-16)15(20)21;3-2(4,5)1(6)7/h1-2,10,19H,3-9H2,(H,20,21);(H,6,7). The molecule has 12 heteroatoms. The molecule has 0 amide bonds. The molecule has 30 heavy (non-hydrogen) atoms. The Morgan fingerprint density at radius 1 is 1.20 bits per heavy atom. The molecular formula is C18H20ClF4NO6. The summed E-state index contributed by atoms with van der Waals surface area (Å²) < 4.78 is 57.2. The van der Waals surface area contributed by atoms with Crippen LogP contribution < -0.4 is 14.8 Å². The highest BCUT2D eigenvalue weighted by Gasteiger charge is 2.38. The van der Waals surface area contributed by atoms with Crippen molar-refractivity contribution in [1.29, 1.82) is 0 Å². The first kappa shape index (κ1) is 24.0. The van der Waals surface area contributed by atoms with E-state index in [1.54, 1.807) is 12.1 Å². The smallest absolute Gasteiger partial charge is 0.481 e. The van der Waals surface area contributed by atoms with Gasteiger partial charge in [0.2, 0.25) is 6.79 Å². The van der Waals surface area contributed by atoms with Crippen LogP contribution in [0.2, 0.25) is 5.02 Å². The van der Waals surface area contributed by atoms with E-state index >= 15 is 0 Å². The summed E-state index contributed by atoms with van der Waals surface area (Å²) in [6.45, 7) is 0.700. The van der Waals surface area contributed by atoms with Crippen LogP contribution >= 0.6 is 11.6 Å². The van der Waals surface area contributed by atoms with Crippen molar-refractivity contribution in [1.82, 2.24) is 5.32 Å². The first-order valence-electron chi connectivity index (χ1n) is 8.92. The number of benzene rings is 1. The minimum absolute atomic E-state index is 0.159. The fraction of sp³-hybridized carbons (Fsp3) is 0.556. The summed E-state index contributed by atoms with van der Waals surface area (Å²) in [5.74, 6) is -2.76.